The first-order chi connectivity index (χ1) is 26.2. The topological polar surface area (TPSA) is 70.3 Å². The van der Waals surface area contributed by atoms with Crippen molar-refractivity contribution in [1.29, 1.82) is 0 Å². The number of aromatic hydroxyl groups is 1. The lowest BCUT2D eigenvalue weighted by Crippen LogP contribution is -2.49. The summed E-state index contributed by atoms with van der Waals surface area (Å²) in [5.41, 5.74) is -1.64. The van der Waals surface area contributed by atoms with Crippen molar-refractivity contribution in [3.05, 3.63) is 118 Å². The zero-order valence-corrected chi connectivity index (χ0v) is 31.4. The van der Waals surface area contributed by atoms with Gasteiger partial charge in [-0.25, -0.2) is 0 Å². The van der Waals surface area contributed by atoms with Crippen LogP contribution in [0.15, 0.2) is 82.8 Å². The molecule has 1 aromatic heterocycles. The Bertz CT molecular complexity index is 2450. The molecular formula is C44H38F6O6. The number of ether oxygens (including phenoxy) is 4. The van der Waals surface area contributed by atoms with Crippen LogP contribution in [0.5, 0.6) is 28.7 Å². The van der Waals surface area contributed by atoms with E-state index >= 15 is 26.3 Å². The Morgan fingerprint density at radius 3 is 1.77 bits per heavy atom. The van der Waals surface area contributed by atoms with E-state index in [1.165, 1.54) is 12.1 Å². The molecule has 0 amide bonds. The number of alkyl halides is 6. The molecule has 292 valence electrons. The minimum absolute atomic E-state index is 0.0309. The molecule has 1 aliphatic carbocycles. The van der Waals surface area contributed by atoms with Gasteiger partial charge in [-0.1, -0.05) is 90.1 Å². The Balaban J connectivity index is 1.44. The summed E-state index contributed by atoms with van der Waals surface area (Å²) in [5, 5.41) is 10.6. The molecule has 6 nitrogen and oxygen atoms in total. The number of allylic oxidation sites excluding steroid dienone is 2. The van der Waals surface area contributed by atoms with E-state index in [2.05, 4.69) is 0 Å². The summed E-state index contributed by atoms with van der Waals surface area (Å²) in [4.78, 5) is 0. The summed E-state index contributed by atoms with van der Waals surface area (Å²) >= 11 is 0. The van der Waals surface area contributed by atoms with Gasteiger partial charge in [0.15, 0.2) is 23.0 Å². The summed E-state index contributed by atoms with van der Waals surface area (Å²) in [6.07, 6.45) is 0.452. The SMILES string of the molecule is CC(C)(C)c1ccc(/C=C(\c2ccc(C(C)(C)C)cc2)c2oc3cc4c(cc3c2C2=C(Cc3cc5c(cc3O)OCO5)C(F)(F)C(F)(F)C2(F)F)OCO4)cc1. The van der Waals surface area contributed by atoms with Crippen LogP contribution in [0.1, 0.15) is 80.7 Å². The molecule has 0 saturated carbocycles. The summed E-state index contributed by atoms with van der Waals surface area (Å²) in [5.74, 6) is -17.3. The second-order valence-corrected chi connectivity index (χ2v) is 16.4. The summed E-state index contributed by atoms with van der Waals surface area (Å²) in [7, 11) is 0. The molecule has 8 rings (SSSR count). The van der Waals surface area contributed by atoms with E-state index in [0.29, 0.717) is 11.1 Å². The third kappa shape index (κ3) is 5.87. The van der Waals surface area contributed by atoms with Crippen molar-refractivity contribution in [2.45, 2.75) is 76.6 Å². The molecule has 1 N–H and O–H groups in total. The summed E-state index contributed by atoms with van der Waals surface area (Å²) < 4.78 is 125. The molecule has 5 aromatic rings. The normalized spacial score (nSPS) is 18.3. The third-order valence-corrected chi connectivity index (χ3v) is 10.6. The minimum Gasteiger partial charge on any atom is -0.508 e. The quantitative estimate of drug-likeness (QED) is 0.137. The number of hydrogen-bond acceptors (Lipinski definition) is 6. The number of hydrogen-bond donors (Lipinski definition) is 1. The molecule has 0 spiro atoms. The average Bonchev–Trinajstić information content (AvgIpc) is 3.88. The van der Waals surface area contributed by atoms with Crippen LogP contribution in [-0.4, -0.2) is 36.5 Å². The molecule has 3 aliphatic rings. The maximum absolute atomic E-state index is 16.6. The molecule has 3 heterocycles. The number of phenols is 1. The van der Waals surface area contributed by atoms with Crippen LogP contribution in [0.4, 0.5) is 26.3 Å². The number of rotatable bonds is 6. The van der Waals surface area contributed by atoms with E-state index in [4.69, 9.17) is 23.4 Å². The lowest BCUT2D eigenvalue weighted by molar-refractivity contribution is -0.260. The zero-order chi connectivity index (χ0) is 40.2. The van der Waals surface area contributed by atoms with Crippen LogP contribution >= 0.6 is 0 Å². The van der Waals surface area contributed by atoms with E-state index in [1.54, 1.807) is 18.2 Å². The molecule has 4 aromatic carbocycles. The smallest absolute Gasteiger partial charge is 0.380 e. The zero-order valence-electron chi connectivity index (χ0n) is 31.4. The third-order valence-electron chi connectivity index (χ3n) is 10.6. The van der Waals surface area contributed by atoms with E-state index in [0.717, 1.165) is 23.3 Å². The van der Waals surface area contributed by atoms with Gasteiger partial charge in [-0.2, -0.15) is 26.3 Å². The summed E-state index contributed by atoms with van der Waals surface area (Å²) in [6, 6.07) is 19.5. The average molecular weight is 777 g/mol. The van der Waals surface area contributed by atoms with Crippen LogP contribution < -0.4 is 18.9 Å². The molecule has 0 atom stereocenters. The fraction of sp³-hybridized carbons (Fsp3) is 0.318. The van der Waals surface area contributed by atoms with Gasteiger partial charge in [-0.05, 0) is 51.3 Å². The molecule has 0 fully saturated rings. The van der Waals surface area contributed by atoms with Gasteiger partial charge in [0, 0.05) is 51.8 Å². The maximum Gasteiger partial charge on any atom is 0.380 e. The highest BCUT2D eigenvalue weighted by molar-refractivity contribution is 6.05. The van der Waals surface area contributed by atoms with Crippen LogP contribution in [0.25, 0.3) is 28.2 Å². The Kier molecular flexibility index (Phi) is 8.35. The van der Waals surface area contributed by atoms with E-state index < -0.39 is 46.6 Å². The molecule has 2 aliphatic heterocycles. The molecule has 0 saturated heterocycles. The van der Waals surface area contributed by atoms with E-state index in [9.17, 15) is 5.11 Å². The predicted octanol–water partition coefficient (Wildman–Crippen LogP) is 11.7. The predicted molar refractivity (Wildman–Crippen MR) is 199 cm³/mol. The first kappa shape index (κ1) is 37.4. The molecule has 0 unspecified atom stereocenters. The minimum atomic E-state index is -5.88. The van der Waals surface area contributed by atoms with Crippen LogP contribution in [0.2, 0.25) is 0 Å². The van der Waals surface area contributed by atoms with Gasteiger partial charge < -0.3 is 28.5 Å². The van der Waals surface area contributed by atoms with Crippen LogP contribution in [0.3, 0.4) is 0 Å². The Morgan fingerprint density at radius 2 is 1.20 bits per heavy atom. The Labute approximate surface area is 318 Å². The fourth-order valence-electron chi connectivity index (χ4n) is 7.30. The monoisotopic (exact) mass is 776 g/mol. The van der Waals surface area contributed by atoms with E-state index in [1.807, 2.05) is 77.9 Å². The highest BCUT2D eigenvalue weighted by atomic mass is 19.3. The molecular weight excluding hydrogens is 738 g/mol. The highest BCUT2D eigenvalue weighted by Crippen LogP contribution is 2.64. The Hall–Kier alpha value is -5.52. The largest absolute Gasteiger partial charge is 0.508 e. The second-order valence-electron chi connectivity index (χ2n) is 16.4. The standard InChI is InChI=1S/C44H38F6O6/c1-40(2,3)26-11-7-23(8-12-26)15-28(24-9-13-27(14-10-24)41(4,5)6)39-37(29-18-34-36(55-22-53-34)20-32(29)56-39)38-30(42(45,46)44(49,50)43(38,47)48)16-25-17-33-35(19-31(25)51)54-21-52-33/h7-15,17-20,51H,16,21-22H2,1-6H3/b28-15+. The van der Waals surface area contributed by atoms with Crippen molar-refractivity contribution < 1.29 is 54.8 Å². The second kappa shape index (κ2) is 12.5. The number of furan rings is 1. The highest BCUT2D eigenvalue weighted by Gasteiger charge is 2.80. The molecule has 56 heavy (non-hydrogen) atoms. The fourth-order valence-corrected chi connectivity index (χ4v) is 7.30. The van der Waals surface area contributed by atoms with Gasteiger partial charge in [0.05, 0.1) is 0 Å². The van der Waals surface area contributed by atoms with Crippen molar-refractivity contribution in [3.63, 3.8) is 0 Å². The van der Waals surface area contributed by atoms with Gasteiger partial charge in [0.25, 0.3) is 0 Å². The molecule has 0 radical (unpaired) electrons. The Morgan fingerprint density at radius 1 is 0.679 bits per heavy atom. The van der Waals surface area contributed by atoms with Crippen LogP contribution in [0, 0.1) is 0 Å². The maximum atomic E-state index is 16.6. The van der Waals surface area contributed by atoms with Crippen molar-refractivity contribution >= 4 is 28.2 Å². The van der Waals surface area contributed by atoms with Gasteiger partial charge in [0.2, 0.25) is 13.6 Å². The molecule has 12 heteroatoms. The van der Waals surface area contributed by atoms with Crippen molar-refractivity contribution in [1.82, 2.24) is 0 Å². The molecule has 0 bridgehead atoms. The van der Waals surface area contributed by atoms with Crippen molar-refractivity contribution in [2.24, 2.45) is 0 Å². The number of phenolic OH excluding ortho intramolecular Hbond substituents is 1. The van der Waals surface area contributed by atoms with Gasteiger partial charge >= 0.3 is 17.8 Å². The number of benzene rings is 4. The van der Waals surface area contributed by atoms with Gasteiger partial charge in [0.1, 0.15) is 17.1 Å². The lowest BCUT2D eigenvalue weighted by atomic mass is 9.84. The summed E-state index contributed by atoms with van der Waals surface area (Å²) in [6.45, 7) is 11.7. The van der Waals surface area contributed by atoms with Crippen molar-refractivity contribution in [2.75, 3.05) is 13.6 Å². The number of fused-ring (bicyclic) bond motifs is 3. The number of halogens is 6. The first-order valence-electron chi connectivity index (χ1n) is 18.0. The van der Waals surface area contributed by atoms with Crippen LogP contribution in [-0.2, 0) is 17.3 Å². The van der Waals surface area contributed by atoms with E-state index in [-0.39, 0.29) is 75.3 Å². The van der Waals surface area contributed by atoms with Gasteiger partial charge in [-0.15, -0.1) is 0 Å². The first-order valence-corrected chi connectivity index (χ1v) is 18.0. The lowest BCUT2D eigenvalue weighted by Gasteiger charge is -2.26. The van der Waals surface area contributed by atoms with Crippen molar-refractivity contribution in [3.8, 4) is 28.7 Å². The van der Waals surface area contributed by atoms with Gasteiger partial charge in [-0.3, -0.25) is 0 Å².